The van der Waals surface area contributed by atoms with Gasteiger partial charge >= 0.3 is 0 Å². The van der Waals surface area contributed by atoms with E-state index in [1.54, 1.807) is 0 Å². The van der Waals surface area contributed by atoms with Gasteiger partial charge in [-0.25, -0.2) is 0 Å². The van der Waals surface area contributed by atoms with E-state index >= 15 is 0 Å². The number of nitrogens with one attached hydrogen (secondary N) is 1. The van der Waals surface area contributed by atoms with E-state index in [9.17, 15) is 0 Å². The Bertz CT molecular complexity index is 468. The van der Waals surface area contributed by atoms with Crippen LogP contribution >= 0.6 is 11.6 Å². The molecular weight excluding hydrogens is 244 g/mol. The van der Waals surface area contributed by atoms with Crippen molar-refractivity contribution in [1.29, 1.82) is 0 Å². The van der Waals surface area contributed by atoms with E-state index in [2.05, 4.69) is 41.5 Å². The molecule has 0 aliphatic heterocycles. The predicted molar refractivity (Wildman–Crippen MR) is 75.8 cm³/mol. The Labute approximate surface area is 113 Å². The summed E-state index contributed by atoms with van der Waals surface area (Å²) < 4.78 is 0. The molecule has 1 atom stereocenters. The topological polar surface area (TPSA) is 24.9 Å². The van der Waals surface area contributed by atoms with E-state index in [0.717, 1.165) is 18.0 Å². The van der Waals surface area contributed by atoms with E-state index in [-0.39, 0.29) is 0 Å². The number of hydrogen-bond acceptors (Lipinski definition) is 2. The van der Waals surface area contributed by atoms with Gasteiger partial charge in [0.05, 0.1) is 0 Å². The minimum atomic E-state index is 0.337. The number of hydrogen-bond donors (Lipinski definition) is 1. The molecule has 0 spiro atoms. The molecule has 0 aliphatic carbocycles. The van der Waals surface area contributed by atoms with Gasteiger partial charge in [0.1, 0.15) is 0 Å². The molecule has 0 radical (unpaired) electrons. The molecule has 0 saturated carbocycles. The largest absolute Gasteiger partial charge is 0.310 e. The minimum absolute atomic E-state index is 0.337. The number of aromatic nitrogens is 1. The average molecular weight is 261 g/mol. The molecule has 0 fully saturated rings. The van der Waals surface area contributed by atoms with Gasteiger partial charge in [-0.15, -0.1) is 0 Å². The molecule has 0 amide bonds. The van der Waals surface area contributed by atoms with Gasteiger partial charge in [0, 0.05) is 23.5 Å². The molecule has 1 aromatic heterocycles. The van der Waals surface area contributed by atoms with Crippen molar-refractivity contribution < 1.29 is 0 Å². The van der Waals surface area contributed by atoms with Crippen LogP contribution in [0.4, 0.5) is 0 Å². The van der Waals surface area contributed by atoms with Crippen LogP contribution in [0.5, 0.6) is 0 Å². The second-order valence-electron chi connectivity index (χ2n) is 4.33. The number of nitrogens with zero attached hydrogens (tertiary/aromatic N) is 1. The standard InChI is InChI=1S/C15H17ClN2/c1-12(14-2-4-15(16)5-3-14)18-11-8-13-6-9-17-10-7-13/h2-7,9-10,12,18H,8,11H2,1H3/t12-/m0/s1. The molecule has 3 heteroatoms. The van der Waals surface area contributed by atoms with Crippen molar-refractivity contribution >= 4 is 11.6 Å². The third-order valence-electron chi connectivity index (χ3n) is 2.98. The third kappa shape index (κ3) is 3.83. The quantitative estimate of drug-likeness (QED) is 0.888. The van der Waals surface area contributed by atoms with E-state index in [1.807, 2.05) is 24.5 Å². The van der Waals surface area contributed by atoms with Gasteiger partial charge in [-0.3, -0.25) is 4.98 Å². The van der Waals surface area contributed by atoms with Crippen molar-refractivity contribution in [2.24, 2.45) is 0 Å². The summed E-state index contributed by atoms with van der Waals surface area (Å²) in [5, 5.41) is 4.28. The first-order valence-electron chi connectivity index (χ1n) is 6.13. The first-order chi connectivity index (χ1) is 8.75. The number of halogens is 1. The Morgan fingerprint density at radius 1 is 1.11 bits per heavy atom. The maximum atomic E-state index is 5.87. The smallest absolute Gasteiger partial charge is 0.0406 e. The van der Waals surface area contributed by atoms with Crippen LogP contribution in [0.2, 0.25) is 5.02 Å². The zero-order chi connectivity index (χ0) is 12.8. The van der Waals surface area contributed by atoms with Gasteiger partial charge < -0.3 is 5.32 Å². The van der Waals surface area contributed by atoms with Gasteiger partial charge in [-0.05, 0) is 55.3 Å². The molecule has 0 bridgehead atoms. The maximum absolute atomic E-state index is 5.87. The fourth-order valence-electron chi connectivity index (χ4n) is 1.85. The van der Waals surface area contributed by atoms with Gasteiger partial charge in [0.2, 0.25) is 0 Å². The van der Waals surface area contributed by atoms with Crippen LogP contribution in [0, 0.1) is 0 Å². The molecule has 94 valence electrons. The second-order valence-corrected chi connectivity index (χ2v) is 4.77. The summed E-state index contributed by atoms with van der Waals surface area (Å²) in [6, 6.07) is 12.4. The fourth-order valence-corrected chi connectivity index (χ4v) is 1.98. The first-order valence-corrected chi connectivity index (χ1v) is 6.51. The van der Waals surface area contributed by atoms with Crippen molar-refractivity contribution in [3.8, 4) is 0 Å². The van der Waals surface area contributed by atoms with E-state index in [4.69, 9.17) is 11.6 Å². The molecule has 2 rings (SSSR count). The Balaban J connectivity index is 1.81. The molecule has 0 unspecified atom stereocenters. The van der Waals surface area contributed by atoms with E-state index in [1.165, 1.54) is 11.1 Å². The Morgan fingerprint density at radius 3 is 2.44 bits per heavy atom. The first kappa shape index (κ1) is 13.1. The fraction of sp³-hybridized carbons (Fsp3) is 0.267. The third-order valence-corrected chi connectivity index (χ3v) is 3.24. The van der Waals surface area contributed by atoms with Crippen molar-refractivity contribution in [1.82, 2.24) is 10.3 Å². The van der Waals surface area contributed by atoms with Crippen LogP contribution in [-0.4, -0.2) is 11.5 Å². The molecule has 18 heavy (non-hydrogen) atoms. The lowest BCUT2D eigenvalue weighted by Crippen LogP contribution is -2.21. The van der Waals surface area contributed by atoms with Crippen LogP contribution < -0.4 is 5.32 Å². The Hall–Kier alpha value is -1.38. The molecule has 1 heterocycles. The summed E-state index contributed by atoms with van der Waals surface area (Å²) in [5.41, 5.74) is 2.56. The van der Waals surface area contributed by atoms with Gasteiger partial charge in [-0.1, -0.05) is 23.7 Å². The minimum Gasteiger partial charge on any atom is -0.310 e. The molecule has 2 aromatic rings. The monoisotopic (exact) mass is 260 g/mol. The van der Waals surface area contributed by atoms with E-state index in [0.29, 0.717) is 6.04 Å². The van der Waals surface area contributed by atoms with Crippen molar-refractivity contribution in [2.75, 3.05) is 6.54 Å². The number of benzene rings is 1. The Morgan fingerprint density at radius 2 is 1.78 bits per heavy atom. The SMILES string of the molecule is C[C@H](NCCc1ccncc1)c1ccc(Cl)cc1. The van der Waals surface area contributed by atoms with E-state index < -0.39 is 0 Å². The highest BCUT2D eigenvalue weighted by atomic mass is 35.5. The zero-order valence-corrected chi connectivity index (χ0v) is 11.2. The number of rotatable bonds is 5. The highest BCUT2D eigenvalue weighted by Gasteiger charge is 2.03. The van der Waals surface area contributed by atoms with Gasteiger partial charge in [0.15, 0.2) is 0 Å². The predicted octanol–water partition coefficient (Wildman–Crippen LogP) is 3.63. The number of pyridine rings is 1. The van der Waals surface area contributed by atoms with Crippen LogP contribution in [0.15, 0.2) is 48.8 Å². The van der Waals surface area contributed by atoms with Crippen LogP contribution in [0.25, 0.3) is 0 Å². The summed E-state index contributed by atoms with van der Waals surface area (Å²) in [5.74, 6) is 0. The molecular formula is C15H17ClN2. The van der Waals surface area contributed by atoms with Crippen LogP contribution in [0.1, 0.15) is 24.1 Å². The normalized spacial score (nSPS) is 12.3. The zero-order valence-electron chi connectivity index (χ0n) is 10.4. The highest BCUT2D eigenvalue weighted by Crippen LogP contribution is 2.15. The van der Waals surface area contributed by atoms with Crippen molar-refractivity contribution in [2.45, 2.75) is 19.4 Å². The summed E-state index contributed by atoms with van der Waals surface area (Å²) in [6.07, 6.45) is 4.68. The molecule has 1 N–H and O–H groups in total. The average Bonchev–Trinajstić information content (AvgIpc) is 2.40. The summed E-state index contributed by atoms with van der Waals surface area (Å²) in [7, 11) is 0. The van der Waals surface area contributed by atoms with Crippen LogP contribution in [-0.2, 0) is 6.42 Å². The summed E-state index contributed by atoms with van der Waals surface area (Å²) in [6.45, 7) is 3.11. The van der Waals surface area contributed by atoms with Crippen LogP contribution in [0.3, 0.4) is 0 Å². The lowest BCUT2D eigenvalue weighted by atomic mass is 10.1. The second kappa shape index (κ2) is 6.53. The molecule has 1 aromatic carbocycles. The van der Waals surface area contributed by atoms with Gasteiger partial charge in [-0.2, -0.15) is 0 Å². The van der Waals surface area contributed by atoms with Crippen molar-refractivity contribution in [3.63, 3.8) is 0 Å². The molecule has 0 saturated heterocycles. The van der Waals surface area contributed by atoms with Crippen molar-refractivity contribution in [3.05, 3.63) is 64.9 Å². The molecule has 2 nitrogen and oxygen atoms in total. The van der Waals surface area contributed by atoms with Gasteiger partial charge in [0.25, 0.3) is 0 Å². The lowest BCUT2D eigenvalue weighted by molar-refractivity contribution is 0.577. The summed E-state index contributed by atoms with van der Waals surface area (Å²) >= 11 is 5.87. The molecule has 0 aliphatic rings. The summed E-state index contributed by atoms with van der Waals surface area (Å²) in [4.78, 5) is 4.01. The Kier molecular flexibility index (Phi) is 4.73. The lowest BCUT2D eigenvalue weighted by Gasteiger charge is -2.14. The maximum Gasteiger partial charge on any atom is 0.0406 e. The highest BCUT2D eigenvalue weighted by molar-refractivity contribution is 6.30.